The van der Waals surface area contributed by atoms with E-state index in [1.165, 1.54) is 23.5 Å². The summed E-state index contributed by atoms with van der Waals surface area (Å²) in [5, 5.41) is 2.62. The highest BCUT2D eigenvalue weighted by Gasteiger charge is 2.27. The molecule has 1 amide bonds. The van der Waals surface area contributed by atoms with Gasteiger partial charge in [-0.1, -0.05) is 0 Å². The summed E-state index contributed by atoms with van der Waals surface area (Å²) in [5.74, 6) is -0.788. The molecule has 0 saturated carbocycles. The molecule has 0 bridgehead atoms. The van der Waals surface area contributed by atoms with E-state index < -0.39 is 16.0 Å². The summed E-state index contributed by atoms with van der Waals surface area (Å²) < 4.78 is 31.2. The highest BCUT2D eigenvalue weighted by molar-refractivity contribution is 7.89. The number of sulfonamides is 1. The maximum Gasteiger partial charge on any atom is 0.306 e. The van der Waals surface area contributed by atoms with Crippen molar-refractivity contribution in [3.8, 4) is 0 Å². The van der Waals surface area contributed by atoms with E-state index in [0.29, 0.717) is 31.9 Å². The molecule has 9 heteroatoms. The number of carbonyl (C=O) groups excluding carboxylic acids is 2. The van der Waals surface area contributed by atoms with Crippen LogP contribution in [0.5, 0.6) is 0 Å². The lowest BCUT2D eigenvalue weighted by atomic mass is 10.2. The van der Waals surface area contributed by atoms with Crippen molar-refractivity contribution in [3.05, 3.63) is 24.3 Å². The zero-order valence-corrected chi connectivity index (χ0v) is 15.2. The molecule has 0 radical (unpaired) electrons. The van der Waals surface area contributed by atoms with Gasteiger partial charge in [-0.05, 0) is 31.3 Å². The Morgan fingerprint density at radius 1 is 1.08 bits per heavy atom. The first-order chi connectivity index (χ1) is 11.8. The molecular weight excluding hydrogens is 346 g/mol. The van der Waals surface area contributed by atoms with Gasteiger partial charge in [0, 0.05) is 38.3 Å². The zero-order valence-electron chi connectivity index (χ0n) is 14.4. The normalized spacial score (nSPS) is 16.4. The van der Waals surface area contributed by atoms with E-state index in [-0.39, 0.29) is 23.6 Å². The summed E-state index contributed by atoms with van der Waals surface area (Å²) in [6, 6.07) is 6.03. The van der Waals surface area contributed by atoms with Gasteiger partial charge in [-0.15, -0.1) is 0 Å². The van der Waals surface area contributed by atoms with Crippen molar-refractivity contribution in [1.29, 1.82) is 0 Å². The summed E-state index contributed by atoms with van der Waals surface area (Å²) >= 11 is 0. The molecule has 25 heavy (non-hydrogen) atoms. The van der Waals surface area contributed by atoms with Gasteiger partial charge in [0.15, 0.2) is 0 Å². The summed E-state index contributed by atoms with van der Waals surface area (Å²) in [7, 11) is -0.299. The van der Waals surface area contributed by atoms with E-state index >= 15 is 0 Å². The SMILES string of the molecule is COC(=O)CCC(=O)Nc1ccc(S(=O)(=O)N2CCN(C)CC2)cc1. The minimum absolute atomic E-state index is 0.00178. The average molecular weight is 369 g/mol. The molecule has 1 fully saturated rings. The van der Waals surface area contributed by atoms with Crippen molar-refractivity contribution < 1.29 is 22.7 Å². The first-order valence-electron chi connectivity index (χ1n) is 7.98. The molecule has 1 aliphatic rings. The maximum absolute atomic E-state index is 12.6. The van der Waals surface area contributed by atoms with Crippen molar-refractivity contribution in [2.75, 3.05) is 45.7 Å². The topological polar surface area (TPSA) is 96.0 Å². The molecule has 8 nitrogen and oxygen atoms in total. The number of nitrogens with zero attached hydrogens (tertiary/aromatic N) is 2. The van der Waals surface area contributed by atoms with Crippen molar-refractivity contribution in [3.63, 3.8) is 0 Å². The predicted molar refractivity (Wildman–Crippen MR) is 92.6 cm³/mol. The Morgan fingerprint density at radius 2 is 1.68 bits per heavy atom. The fraction of sp³-hybridized carbons (Fsp3) is 0.500. The number of nitrogens with one attached hydrogen (secondary N) is 1. The van der Waals surface area contributed by atoms with Gasteiger partial charge in [0.1, 0.15) is 0 Å². The van der Waals surface area contributed by atoms with Crippen molar-refractivity contribution >= 4 is 27.6 Å². The van der Waals surface area contributed by atoms with Gasteiger partial charge >= 0.3 is 5.97 Å². The highest BCUT2D eigenvalue weighted by Crippen LogP contribution is 2.19. The lowest BCUT2D eigenvalue weighted by Gasteiger charge is -2.31. The molecule has 0 atom stereocenters. The quantitative estimate of drug-likeness (QED) is 0.734. The Morgan fingerprint density at radius 3 is 2.24 bits per heavy atom. The number of piperazine rings is 1. The number of hydrogen-bond acceptors (Lipinski definition) is 6. The van der Waals surface area contributed by atoms with E-state index in [4.69, 9.17) is 0 Å². The number of amides is 1. The van der Waals surface area contributed by atoms with Gasteiger partial charge in [0.2, 0.25) is 15.9 Å². The lowest BCUT2D eigenvalue weighted by Crippen LogP contribution is -2.46. The van der Waals surface area contributed by atoms with Crippen LogP contribution in [0.2, 0.25) is 0 Å². The van der Waals surface area contributed by atoms with Crippen LogP contribution >= 0.6 is 0 Å². The smallest absolute Gasteiger partial charge is 0.306 e. The third-order valence-corrected chi connectivity index (χ3v) is 5.93. The average Bonchev–Trinajstić information content (AvgIpc) is 2.60. The molecule has 138 valence electrons. The molecule has 2 rings (SSSR count). The molecule has 1 saturated heterocycles. The maximum atomic E-state index is 12.6. The number of ether oxygens (including phenoxy) is 1. The number of benzene rings is 1. The van der Waals surface area contributed by atoms with Crippen LogP contribution in [-0.4, -0.2) is 69.8 Å². The van der Waals surface area contributed by atoms with Gasteiger partial charge in [0.05, 0.1) is 18.4 Å². The monoisotopic (exact) mass is 369 g/mol. The van der Waals surface area contributed by atoms with Crippen molar-refractivity contribution in [1.82, 2.24) is 9.21 Å². The number of esters is 1. The third-order valence-electron chi connectivity index (χ3n) is 4.02. The van der Waals surface area contributed by atoms with Crippen LogP contribution in [0.3, 0.4) is 0 Å². The number of hydrogen-bond donors (Lipinski definition) is 1. The second-order valence-corrected chi connectivity index (χ2v) is 7.79. The number of anilines is 1. The molecule has 1 aromatic rings. The van der Waals surface area contributed by atoms with E-state index in [0.717, 1.165) is 0 Å². The van der Waals surface area contributed by atoms with Gasteiger partial charge in [-0.25, -0.2) is 8.42 Å². The molecule has 0 aromatic heterocycles. The van der Waals surface area contributed by atoms with E-state index in [2.05, 4.69) is 15.0 Å². The minimum Gasteiger partial charge on any atom is -0.469 e. The number of methoxy groups -OCH3 is 1. The van der Waals surface area contributed by atoms with Crippen molar-refractivity contribution in [2.45, 2.75) is 17.7 Å². The number of carbonyl (C=O) groups is 2. The standard InChI is InChI=1S/C16H23N3O5S/c1-18-9-11-19(12-10-18)25(22,23)14-5-3-13(4-6-14)17-15(20)7-8-16(21)24-2/h3-6H,7-12H2,1-2H3,(H,17,20). The van der Waals surface area contributed by atoms with E-state index in [9.17, 15) is 18.0 Å². The third kappa shape index (κ3) is 5.25. The Hall–Kier alpha value is -1.97. The lowest BCUT2D eigenvalue weighted by molar-refractivity contribution is -0.141. The van der Waals surface area contributed by atoms with Gasteiger partial charge in [-0.3, -0.25) is 9.59 Å². The van der Waals surface area contributed by atoms with E-state index in [1.807, 2.05) is 7.05 Å². The first-order valence-corrected chi connectivity index (χ1v) is 9.42. The molecule has 1 aromatic carbocycles. The van der Waals surface area contributed by atoms with Crippen LogP contribution in [0.4, 0.5) is 5.69 Å². The Kier molecular flexibility index (Phi) is 6.51. The number of rotatable bonds is 6. The zero-order chi connectivity index (χ0) is 18.4. The highest BCUT2D eigenvalue weighted by atomic mass is 32.2. The second kappa shape index (κ2) is 8.41. The fourth-order valence-corrected chi connectivity index (χ4v) is 3.85. The molecule has 0 spiro atoms. The first kappa shape index (κ1) is 19.4. The Labute approximate surface area is 147 Å². The molecule has 0 unspecified atom stereocenters. The van der Waals surface area contributed by atoms with Crippen LogP contribution in [0, 0.1) is 0 Å². The fourth-order valence-electron chi connectivity index (χ4n) is 2.43. The van der Waals surface area contributed by atoms with Gasteiger partial charge < -0.3 is 15.0 Å². The predicted octanol–water partition coefficient (Wildman–Crippen LogP) is 0.514. The largest absolute Gasteiger partial charge is 0.469 e. The summed E-state index contributed by atoms with van der Waals surface area (Å²) in [5.41, 5.74) is 0.479. The molecule has 1 N–H and O–H groups in total. The van der Waals surface area contributed by atoms with Crippen LogP contribution in [0.15, 0.2) is 29.2 Å². The summed E-state index contributed by atoms with van der Waals surface area (Å²) in [4.78, 5) is 25.0. The summed E-state index contributed by atoms with van der Waals surface area (Å²) in [6.45, 7) is 2.33. The minimum atomic E-state index is -3.52. The van der Waals surface area contributed by atoms with Gasteiger partial charge in [-0.2, -0.15) is 4.31 Å². The molecular formula is C16H23N3O5S. The molecule has 0 aliphatic carbocycles. The van der Waals surface area contributed by atoms with Crippen LogP contribution in [0.25, 0.3) is 0 Å². The second-order valence-electron chi connectivity index (χ2n) is 5.86. The van der Waals surface area contributed by atoms with Gasteiger partial charge in [0.25, 0.3) is 0 Å². The van der Waals surface area contributed by atoms with Crippen molar-refractivity contribution in [2.24, 2.45) is 0 Å². The number of likely N-dealkylation sites (N-methyl/N-ethyl adjacent to an activating group) is 1. The van der Waals surface area contributed by atoms with Crippen LogP contribution < -0.4 is 5.32 Å². The molecule has 1 aliphatic heterocycles. The molecule has 1 heterocycles. The Balaban J connectivity index is 1.97. The van der Waals surface area contributed by atoms with E-state index in [1.54, 1.807) is 12.1 Å². The van der Waals surface area contributed by atoms with Crippen LogP contribution in [0.1, 0.15) is 12.8 Å². The summed E-state index contributed by atoms with van der Waals surface area (Å²) in [6.07, 6.45) is 0.00617. The Bertz CT molecular complexity index is 710. The van der Waals surface area contributed by atoms with Crippen LogP contribution in [-0.2, 0) is 24.3 Å².